The summed E-state index contributed by atoms with van der Waals surface area (Å²) in [7, 11) is 0. The van der Waals surface area contributed by atoms with Gasteiger partial charge in [0.2, 0.25) is 0 Å². The molecule has 0 bridgehead atoms. The minimum Gasteiger partial charge on any atom is -0.457 e. The Morgan fingerprint density at radius 1 is 1.04 bits per heavy atom. The summed E-state index contributed by atoms with van der Waals surface area (Å²) >= 11 is 0. The number of carbonyl (C=O) groups excluding carboxylic acids is 1. The van der Waals surface area contributed by atoms with Crippen LogP contribution < -0.4 is 0 Å². The van der Waals surface area contributed by atoms with Gasteiger partial charge in [-0.25, -0.2) is 4.79 Å². The lowest BCUT2D eigenvalue weighted by atomic mass is 10.2. The fraction of sp³-hybridized carbons (Fsp3) is 0.143. The van der Waals surface area contributed by atoms with Crippen LogP contribution in [0.5, 0.6) is 0 Å². The van der Waals surface area contributed by atoms with E-state index in [4.69, 9.17) is 14.4 Å². The molecule has 0 spiro atoms. The standard InChI is InChI=1S/C21H18N2O4/c1-15(24)27-25-14-17-11-12-20(26-17)21-18-9-5-6-10-19(18)23(22-21)13-16-7-3-2-4-8-16/h2-12H,13-14H2,1H3. The van der Waals surface area contributed by atoms with Gasteiger partial charge in [-0.2, -0.15) is 9.99 Å². The van der Waals surface area contributed by atoms with E-state index in [1.165, 1.54) is 12.5 Å². The molecule has 2 heterocycles. The molecule has 136 valence electrons. The van der Waals surface area contributed by atoms with Crippen LogP contribution in [0.2, 0.25) is 0 Å². The fourth-order valence-corrected chi connectivity index (χ4v) is 2.94. The van der Waals surface area contributed by atoms with Gasteiger partial charge in [0, 0.05) is 12.3 Å². The molecular weight excluding hydrogens is 344 g/mol. The van der Waals surface area contributed by atoms with Gasteiger partial charge < -0.3 is 4.42 Å². The minimum absolute atomic E-state index is 0.0439. The molecular formula is C21H18N2O4. The third-order valence-electron chi connectivity index (χ3n) is 4.11. The number of aromatic nitrogens is 2. The van der Waals surface area contributed by atoms with Crippen molar-refractivity contribution in [2.24, 2.45) is 0 Å². The van der Waals surface area contributed by atoms with Crippen LogP contribution in [0.4, 0.5) is 0 Å². The second kappa shape index (κ2) is 7.47. The van der Waals surface area contributed by atoms with E-state index in [9.17, 15) is 4.79 Å². The van der Waals surface area contributed by atoms with E-state index >= 15 is 0 Å². The topological polar surface area (TPSA) is 66.5 Å². The van der Waals surface area contributed by atoms with Crippen molar-refractivity contribution >= 4 is 16.9 Å². The normalized spacial score (nSPS) is 11.0. The zero-order chi connectivity index (χ0) is 18.6. The Labute approximate surface area is 155 Å². The van der Waals surface area contributed by atoms with E-state index in [-0.39, 0.29) is 6.61 Å². The van der Waals surface area contributed by atoms with E-state index in [2.05, 4.69) is 17.0 Å². The molecule has 0 aliphatic rings. The highest BCUT2D eigenvalue weighted by Gasteiger charge is 2.15. The van der Waals surface area contributed by atoms with E-state index in [0.29, 0.717) is 18.1 Å². The second-order valence-electron chi connectivity index (χ2n) is 6.11. The molecule has 0 saturated heterocycles. The van der Waals surface area contributed by atoms with Crippen molar-refractivity contribution < 1.29 is 19.0 Å². The van der Waals surface area contributed by atoms with Crippen LogP contribution >= 0.6 is 0 Å². The molecule has 0 atom stereocenters. The Balaban J connectivity index is 1.64. The molecule has 0 amide bonds. The van der Waals surface area contributed by atoms with E-state index < -0.39 is 5.97 Å². The van der Waals surface area contributed by atoms with Crippen molar-refractivity contribution in [1.29, 1.82) is 0 Å². The number of nitrogens with zero attached hydrogens (tertiary/aromatic N) is 2. The summed E-state index contributed by atoms with van der Waals surface area (Å²) in [6.07, 6.45) is 0. The maximum Gasteiger partial charge on any atom is 0.339 e. The van der Waals surface area contributed by atoms with E-state index in [1.54, 1.807) is 6.07 Å². The summed E-state index contributed by atoms with van der Waals surface area (Å²) in [6, 6.07) is 21.9. The highest BCUT2D eigenvalue weighted by molar-refractivity contribution is 5.92. The molecule has 2 aromatic heterocycles. The molecule has 0 fully saturated rings. The largest absolute Gasteiger partial charge is 0.457 e. The summed E-state index contributed by atoms with van der Waals surface area (Å²) in [4.78, 5) is 20.1. The Morgan fingerprint density at radius 3 is 2.63 bits per heavy atom. The number of benzene rings is 2. The van der Waals surface area contributed by atoms with Crippen LogP contribution in [-0.4, -0.2) is 15.7 Å². The average molecular weight is 362 g/mol. The summed E-state index contributed by atoms with van der Waals surface area (Å²) < 4.78 is 7.80. The molecule has 0 aliphatic carbocycles. The predicted molar refractivity (Wildman–Crippen MR) is 99.5 cm³/mol. The lowest BCUT2D eigenvalue weighted by molar-refractivity contribution is -0.279. The maximum absolute atomic E-state index is 10.8. The summed E-state index contributed by atoms with van der Waals surface area (Å²) in [5.41, 5.74) is 2.97. The molecule has 6 heteroatoms. The zero-order valence-electron chi connectivity index (χ0n) is 14.8. The molecule has 0 saturated carbocycles. The first-order valence-corrected chi connectivity index (χ1v) is 8.59. The molecule has 6 nitrogen and oxygen atoms in total. The first-order chi connectivity index (χ1) is 13.2. The van der Waals surface area contributed by atoms with Gasteiger partial charge in [-0.05, 0) is 23.8 Å². The van der Waals surface area contributed by atoms with Gasteiger partial charge in [-0.1, -0.05) is 48.5 Å². The Kier molecular flexibility index (Phi) is 4.72. The van der Waals surface area contributed by atoms with Crippen molar-refractivity contribution in [1.82, 2.24) is 9.78 Å². The third-order valence-corrected chi connectivity index (χ3v) is 4.11. The first-order valence-electron chi connectivity index (χ1n) is 8.59. The summed E-state index contributed by atoms with van der Waals surface area (Å²) in [5.74, 6) is 0.680. The molecule has 4 rings (SSSR count). The van der Waals surface area contributed by atoms with Crippen molar-refractivity contribution in [2.75, 3.05) is 0 Å². The van der Waals surface area contributed by atoms with Gasteiger partial charge in [-0.15, -0.1) is 0 Å². The second-order valence-corrected chi connectivity index (χ2v) is 6.11. The van der Waals surface area contributed by atoms with Gasteiger partial charge in [0.25, 0.3) is 0 Å². The predicted octanol–water partition coefficient (Wildman–Crippen LogP) is 4.34. The number of rotatable bonds is 6. The van der Waals surface area contributed by atoms with Crippen LogP contribution in [0, 0.1) is 0 Å². The molecule has 0 unspecified atom stereocenters. The highest BCUT2D eigenvalue weighted by atomic mass is 17.2. The van der Waals surface area contributed by atoms with Gasteiger partial charge in [0.15, 0.2) is 12.4 Å². The molecule has 2 aromatic carbocycles. The van der Waals surface area contributed by atoms with Crippen LogP contribution in [-0.2, 0) is 27.7 Å². The zero-order valence-corrected chi connectivity index (χ0v) is 14.8. The van der Waals surface area contributed by atoms with Crippen LogP contribution in [0.3, 0.4) is 0 Å². The SMILES string of the molecule is CC(=O)OOCc1ccc(-c2nn(Cc3ccccc3)c3ccccc23)o1. The lowest BCUT2D eigenvalue weighted by Gasteiger charge is -2.03. The number of hydrogen-bond acceptors (Lipinski definition) is 5. The molecule has 0 radical (unpaired) electrons. The van der Waals surface area contributed by atoms with Gasteiger partial charge in [0.1, 0.15) is 11.5 Å². The van der Waals surface area contributed by atoms with Gasteiger partial charge in [0.05, 0.1) is 12.1 Å². The number of carbonyl (C=O) groups is 1. The summed E-state index contributed by atoms with van der Waals surface area (Å²) in [6.45, 7) is 1.99. The summed E-state index contributed by atoms with van der Waals surface area (Å²) in [5, 5.41) is 5.78. The maximum atomic E-state index is 10.8. The van der Waals surface area contributed by atoms with Crippen molar-refractivity contribution in [3.63, 3.8) is 0 Å². The molecule has 4 aromatic rings. The van der Waals surface area contributed by atoms with Crippen molar-refractivity contribution in [2.45, 2.75) is 20.1 Å². The van der Waals surface area contributed by atoms with Crippen molar-refractivity contribution in [3.05, 3.63) is 78.1 Å². The Bertz CT molecular complexity index is 1070. The van der Waals surface area contributed by atoms with Crippen LogP contribution in [0.15, 0.2) is 71.1 Å². The number of furan rings is 1. The van der Waals surface area contributed by atoms with Gasteiger partial charge >= 0.3 is 5.97 Å². The molecule has 0 aliphatic heterocycles. The number of hydrogen-bond donors (Lipinski definition) is 0. The number of fused-ring (bicyclic) bond motifs is 1. The molecule has 27 heavy (non-hydrogen) atoms. The highest BCUT2D eigenvalue weighted by Crippen LogP contribution is 2.30. The monoisotopic (exact) mass is 362 g/mol. The van der Waals surface area contributed by atoms with Crippen molar-refractivity contribution in [3.8, 4) is 11.5 Å². The van der Waals surface area contributed by atoms with Crippen LogP contribution in [0.25, 0.3) is 22.4 Å². The molecule has 0 N–H and O–H groups in total. The smallest absolute Gasteiger partial charge is 0.339 e. The first kappa shape index (κ1) is 17.1. The lowest BCUT2D eigenvalue weighted by Crippen LogP contribution is -2.01. The Hall–Kier alpha value is -3.38. The van der Waals surface area contributed by atoms with E-state index in [1.807, 2.05) is 53.2 Å². The number of para-hydroxylation sites is 1. The third kappa shape index (κ3) is 3.75. The average Bonchev–Trinajstić information content (AvgIpc) is 3.28. The van der Waals surface area contributed by atoms with E-state index in [0.717, 1.165) is 16.6 Å². The van der Waals surface area contributed by atoms with Crippen LogP contribution in [0.1, 0.15) is 18.2 Å². The fourth-order valence-electron chi connectivity index (χ4n) is 2.94. The van der Waals surface area contributed by atoms with Gasteiger partial charge in [-0.3, -0.25) is 9.57 Å². The Morgan fingerprint density at radius 2 is 1.81 bits per heavy atom. The minimum atomic E-state index is -0.507. The quantitative estimate of drug-likeness (QED) is 0.377.